The van der Waals surface area contributed by atoms with Crippen LogP contribution in [-0.2, 0) is 14.3 Å². The summed E-state index contributed by atoms with van der Waals surface area (Å²) in [6, 6.07) is 0. The van der Waals surface area contributed by atoms with Gasteiger partial charge in [-0.2, -0.15) is 0 Å². The Kier molecular flexibility index (Phi) is 2.56. The van der Waals surface area contributed by atoms with Crippen molar-refractivity contribution in [2.75, 3.05) is 13.7 Å². The van der Waals surface area contributed by atoms with Crippen molar-refractivity contribution in [1.82, 2.24) is 5.32 Å². The number of nitrogens with one attached hydrogen (secondary N) is 1. The molecule has 5 nitrogen and oxygen atoms in total. The van der Waals surface area contributed by atoms with Crippen molar-refractivity contribution in [2.24, 2.45) is 5.92 Å². The van der Waals surface area contributed by atoms with Gasteiger partial charge in [-0.1, -0.05) is 0 Å². The minimum atomic E-state index is -1.17. The molecule has 1 aliphatic rings. The van der Waals surface area contributed by atoms with E-state index in [2.05, 4.69) is 10.1 Å². The van der Waals surface area contributed by atoms with Gasteiger partial charge in [0.05, 0.1) is 13.0 Å². The second-order valence-corrected chi connectivity index (χ2v) is 3.30. The number of carbonyl (C=O) groups is 2. The van der Waals surface area contributed by atoms with Gasteiger partial charge < -0.3 is 15.2 Å². The van der Waals surface area contributed by atoms with Crippen LogP contribution < -0.4 is 5.32 Å². The molecule has 0 aromatic carbocycles. The van der Waals surface area contributed by atoms with Crippen molar-refractivity contribution in [1.29, 1.82) is 0 Å². The number of hydrogen-bond acceptors (Lipinski definition) is 4. The van der Waals surface area contributed by atoms with Crippen molar-refractivity contribution in [3.05, 3.63) is 0 Å². The third-order valence-corrected chi connectivity index (χ3v) is 2.55. The second kappa shape index (κ2) is 3.33. The molecule has 74 valence electrons. The highest BCUT2D eigenvalue weighted by Crippen LogP contribution is 2.27. The Labute approximate surface area is 76.1 Å². The van der Waals surface area contributed by atoms with E-state index in [1.807, 2.05) is 0 Å². The molecule has 2 atom stereocenters. The van der Waals surface area contributed by atoms with Crippen molar-refractivity contribution < 1.29 is 19.4 Å². The highest BCUT2D eigenvalue weighted by molar-refractivity contribution is 5.87. The van der Waals surface area contributed by atoms with Gasteiger partial charge in [-0.05, 0) is 19.9 Å². The van der Waals surface area contributed by atoms with E-state index >= 15 is 0 Å². The molecule has 2 N–H and O–H groups in total. The summed E-state index contributed by atoms with van der Waals surface area (Å²) in [5.74, 6) is -2.06. The van der Waals surface area contributed by atoms with Crippen molar-refractivity contribution in [3.8, 4) is 0 Å². The summed E-state index contributed by atoms with van der Waals surface area (Å²) in [6.45, 7) is 2.03. The third-order valence-electron chi connectivity index (χ3n) is 2.55. The Bertz CT molecular complexity index is 240. The van der Waals surface area contributed by atoms with E-state index in [1.54, 1.807) is 0 Å². The Morgan fingerprint density at radius 1 is 1.62 bits per heavy atom. The summed E-state index contributed by atoms with van der Waals surface area (Å²) >= 11 is 0. The molecule has 5 heteroatoms. The lowest BCUT2D eigenvalue weighted by Crippen LogP contribution is -2.51. The highest BCUT2D eigenvalue weighted by Gasteiger charge is 2.49. The maximum Gasteiger partial charge on any atom is 0.324 e. The minimum absolute atomic E-state index is 0.463. The van der Waals surface area contributed by atoms with Gasteiger partial charge in [-0.15, -0.1) is 0 Å². The van der Waals surface area contributed by atoms with Crippen LogP contribution in [0.4, 0.5) is 0 Å². The van der Waals surface area contributed by atoms with Gasteiger partial charge in [0, 0.05) is 0 Å². The fourth-order valence-electron chi connectivity index (χ4n) is 1.61. The van der Waals surface area contributed by atoms with Gasteiger partial charge in [0.1, 0.15) is 5.54 Å². The average molecular weight is 187 g/mol. The van der Waals surface area contributed by atoms with E-state index in [4.69, 9.17) is 5.11 Å². The lowest BCUT2D eigenvalue weighted by molar-refractivity contribution is -0.156. The van der Waals surface area contributed by atoms with Crippen LogP contribution >= 0.6 is 0 Å². The smallest absolute Gasteiger partial charge is 0.324 e. The number of aliphatic carboxylic acids is 1. The lowest BCUT2D eigenvalue weighted by Gasteiger charge is -2.24. The fourth-order valence-corrected chi connectivity index (χ4v) is 1.61. The SMILES string of the molecule is COC(=O)[C@H]1CCN[C@]1(C)C(=O)O. The summed E-state index contributed by atoms with van der Waals surface area (Å²) in [7, 11) is 1.27. The van der Waals surface area contributed by atoms with Gasteiger partial charge in [-0.25, -0.2) is 0 Å². The van der Waals surface area contributed by atoms with Crippen LogP contribution in [-0.4, -0.2) is 36.2 Å². The summed E-state index contributed by atoms with van der Waals surface area (Å²) in [4.78, 5) is 22.1. The van der Waals surface area contributed by atoms with E-state index in [-0.39, 0.29) is 0 Å². The van der Waals surface area contributed by atoms with Gasteiger partial charge in [0.2, 0.25) is 0 Å². The van der Waals surface area contributed by atoms with E-state index in [0.29, 0.717) is 13.0 Å². The van der Waals surface area contributed by atoms with Gasteiger partial charge >= 0.3 is 11.9 Å². The molecule has 1 saturated heterocycles. The Balaban J connectivity index is 2.85. The first-order valence-electron chi connectivity index (χ1n) is 4.08. The van der Waals surface area contributed by atoms with Crippen LogP contribution in [0.15, 0.2) is 0 Å². The van der Waals surface area contributed by atoms with Crippen LogP contribution in [0, 0.1) is 5.92 Å². The number of rotatable bonds is 2. The standard InChI is InChI=1S/C8H13NO4/c1-8(7(11)12)5(3-4-9-8)6(10)13-2/h5,9H,3-4H2,1-2H3,(H,11,12)/t5-,8+/m1/s1. The molecule has 0 bridgehead atoms. The lowest BCUT2D eigenvalue weighted by atomic mass is 9.87. The molecular weight excluding hydrogens is 174 g/mol. The molecule has 0 radical (unpaired) electrons. The highest BCUT2D eigenvalue weighted by atomic mass is 16.5. The average Bonchev–Trinajstić information content (AvgIpc) is 2.47. The molecule has 1 rings (SSSR count). The zero-order valence-corrected chi connectivity index (χ0v) is 7.66. The maximum absolute atomic E-state index is 11.2. The Morgan fingerprint density at radius 2 is 2.23 bits per heavy atom. The molecule has 0 spiro atoms. The predicted octanol–water partition coefficient (Wildman–Crippen LogP) is -0.388. The summed E-state index contributed by atoms with van der Waals surface area (Å²) in [5, 5.41) is 11.7. The first-order valence-corrected chi connectivity index (χ1v) is 4.08. The number of carbonyl (C=O) groups excluding carboxylic acids is 1. The third kappa shape index (κ3) is 1.51. The molecular formula is C8H13NO4. The van der Waals surface area contributed by atoms with Crippen LogP contribution in [0.5, 0.6) is 0 Å². The first-order chi connectivity index (χ1) is 6.02. The fraction of sp³-hybridized carbons (Fsp3) is 0.750. The number of carboxylic acids is 1. The topological polar surface area (TPSA) is 75.6 Å². The van der Waals surface area contributed by atoms with Crippen molar-refractivity contribution in [2.45, 2.75) is 18.9 Å². The number of esters is 1. The van der Waals surface area contributed by atoms with Crippen LogP contribution in [0.3, 0.4) is 0 Å². The number of carboxylic acid groups (broad SMARTS) is 1. The van der Waals surface area contributed by atoms with Gasteiger partial charge in [0.25, 0.3) is 0 Å². The second-order valence-electron chi connectivity index (χ2n) is 3.30. The molecule has 0 unspecified atom stereocenters. The molecule has 1 aliphatic heterocycles. The molecule has 13 heavy (non-hydrogen) atoms. The van der Waals surface area contributed by atoms with E-state index in [9.17, 15) is 9.59 Å². The zero-order chi connectivity index (χ0) is 10.1. The number of methoxy groups -OCH3 is 1. The van der Waals surface area contributed by atoms with Gasteiger partial charge in [-0.3, -0.25) is 9.59 Å². The predicted molar refractivity (Wildman–Crippen MR) is 44.2 cm³/mol. The molecule has 1 heterocycles. The summed E-state index contributed by atoms with van der Waals surface area (Å²) in [5.41, 5.74) is -1.17. The van der Waals surface area contributed by atoms with Crippen molar-refractivity contribution in [3.63, 3.8) is 0 Å². The van der Waals surface area contributed by atoms with Crippen LogP contribution in [0.1, 0.15) is 13.3 Å². The van der Waals surface area contributed by atoms with Crippen LogP contribution in [0.25, 0.3) is 0 Å². The first kappa shape index (κ1) is 9.98. The quantitative estimate of drug-likeness (QED) is 0.576. The van der Waals surface area contributed by atoms with E-state index in [1.165, 1.54) is 14.0 Å². The Morgan fingerprint density at radius 3 is 2.69 bits per heavy atom. The van der Waals surface area contributed by atoms with Crippen molar-refractivity contribution >= 4 is 11.9 Å². The van der Waals surface area contributed by atoms with E-state index < -0.39 is 23.4 Å². The molecule has 1 fully saturated rings. The molecule has 0 amide bonds. The number of hydrogen-bond donors (Lipinski definition) is 2. The molecule has 0 saturated carbocycles. The zero-order valence-electron chi connectivity index (χ0n) is 7.66. The molecule has 0 aromatic rings. The molecule has 0 aromatic heterocycles. The maximum atomic E-state index is 11.2. The summed E-state index contributed by atoms with van der Waals surface area (Å²) < 4.78 is 4.54. The minimum Gasteiger partial charge on any atom is -0.480 e. The van der Waals surface area contributed by atoms with E-state index in [0.717, 1.165) is 0 Å². The normalized spacial score (nSPS) is 32.9. The van der Waals surface area contributed by atoms with Crippen LogP contribution in [0.2, 0.25) is 0 Å². The molecule has 0 aliphatic carbocycles. The Hall–Kier alpha value is -1.10. The van der Waals surface area contributed by atoms with Gasteiger partial charge in [0.15, 0.2) is 0 Å². The number of ether oxygens (including phenoxy) is 1. The monoisotopic (exact) mass is 187 g/mol. The summed E-state index contributed by atoms with van der Waals surface area (Å²) in [6.07, 6.45) is 0.509. The largest absolute Gasteiger partial charge is 0.480 e.